The molecule has 0 amide bonds. The quantitative estimate of drug-likeness (QED) is 0.701. The minimum atomic E-state index is -1.17. The monoisotopic (exact) mass is 260 g/mol. The van der Waals surface area contributed by atoms with E-state index in [2.05, 4.69) is 9.97 Å². The average Bonchev–Trinajstić information content (AvgIpc) is 2.81. The summed E-state index contributed by atoms with van der Waals surface area (Å²) in [5.74, 6) is -2.08. The Kier molecular flexibility index (Phi) is 2.11. The van der Waals surface area contributed by atoms with Crippen LogP contribution in [-0.4, -0.2) is 32.6 Å². The highest BCUT2D eigenvalue weighted by molar-refractivity contribution is 7.16. The Morgan fingerprint density at radius 2 is 1.72 bits per heavy atom. The van der Waals surface area contributed by atoms with Gasteiger partial charge in [-0.15, -0.1) is 11.3 Å². The Balaban J connectivity index is 2.27. The molecule has 88 valence electrons. The fourth-order valence-corrected chi connectivity index (χ4v) is 2.67. The van der Waals surface area contributed by atoms with Gasteiger partial charge in [-0.2, -0.15) is 0 Å². The van der Waals surface area contributed by atoms with E-state index < -0.39 is 17.5 Å². The topological polar surface area (TPSA) is 97.2 Å². The van der Waals surface area contributed by atoms with Crippen LogP contribution in [0.3, 0.4) is 0 Å². The van der Waals surface area contributed by atoms with Crippen LogP contribution in [0.4, 0.5) is 0 Å². The zero-order chi connectivity index (χ0) is 12.9. The number of nitrogens with zero attached hydrogens (tertiary/aromatic N) is 2. The zero-order valence-corrected chi connectivity index (χ0v) is 9.52. The van der Waals surface area contributed by atoms with Gasteiger partial charge >= 0.3 is 5.97 Å². The summed E-state index contributed by atoms with van der Waals surface area (Å²) >= 11 is 0.781. The van der Waals surface area contributed by atoms with Gasteiger partial charge in [0.2, 0.25) is 11.6 Å². The zero-order valence-electron chi connectivity index (χ0n) is 8.71. The van der Waals surface area contributed by atoms with Gasteiger partial charge < -0.3 is 5.11 Å². The molecule has 0 atom stereocenters. The molecule has 2 aromatic heterocycles. The SMILES string of the molecule is O=C(O)c1cc2c(s1)C(=O)c1nccnc1C2=O. The fraction of sp³-hybridized carbons (Fsp3) is 0. The van der Waals surface area contributed by atoms with Crippen molar-refractivity contribution in [1.82, 2.24) is 9.97 Å². The number of rotatable bonds is 1. The number of hydrogen-bond donors (Lipinski definition) is 1. The Hall–Kier alpha value is -2.41. The van der Waals surface area contributed by atoms with Crippen molar-refractivity contribution in [3.63, 3.8) is 0 Å². The first-order valence-corrected chi connectivity index (χ1v) is 5.69. The molecule has 1 aliphatic carbocycles. The van der Waals surface area contributed by atoms with E-state index in [1.165, 1.54) is 18.5 Å². The van der Waals surface area contributed by atoms with Crippen molar-refractivity contribution in [3.05, 3.63) is 45.2 Å². The summed E-state index contributed by atoms with van der Waals surface area (Å²) in [5, 5.41) is 8.88. The second-order valence-corrected chi connectivity index (χ2v) is 4.62. The molecule has 1 N–H and O–H groups in total. The van der Waals surface area contributed by atoms with E-state index in [9.17, 15) is 14.4 Å². The summed E-state index contributed by atoms with van der Waals surface area (Å²) in [5.41, 5.74) is 0.0499. The van der Waals surface area contributed by atoms with E-state index in [4.69, 9.17) is 5.11 Å². The number of carboxylic acids is 1. The number of carboxylic acid groups (broad SMARTS) is 1. The third-order valence-electron chi connectivity index (χ3n) is 2.52. The lowest BCUT2D eigenvalue weighted by atomic mass is 9.96. The van der Waals surface area contributed by atoms with Gasteiger partial charge in [-0.1, -0.05) is 0 Å². The summed E-state index contributed by atoms with van der Waals surface area (Å²) in [6, 6.07) is 1.21. The Labute approximate surface area is 104 Å². The molecule has 2 aromatic rings. The van der Waals surface area contributed by atoms with Crippen LogP contribution in [0.15, 0.2) is 18.5 Å². The first-order valence-electron chi connectivity index (χ1n) is 4.87. The molecule has 3 rings (SSSR count). The molecule has 0 saturated heterocycles. The number of ketones is 2. The number of aromatic carboxylic acids is 1. The van der Waals surface area contributed by atoms with E-state index in [1.54, 1.807) is 0 Å². The Bertz CT molecular complexity index is 667. The molecule has 7 heteroatoms. The van der Waals surface area contributed by atoms with Gasteiger partial charge in [0.15, 0.2) is 0 Å². The molecular formula is C11H4N2O4S. The fourth-order valence-electron chi connectivity index (χ4n) is 1.74. The maximum atomic E-state index is 12.1. The number of carbonyl (C=O) groups is 3. The summed E-state index contributed by atoms with van der Waals surface area (Å²) in [6.07, 6.45) is 2.64. The van der Waals surface area contributed by atoms with E-state index in [-0.39, 0.29) is 26.7 Å². The first kappa shape index (κ1) is 10.7. The first-order chi connectivity index (χ1) is 8.59. The van der Waals surface area contributed by atoms with Crippen molar-refractivity contribution in [2.45, 2.75) is 0 Å². The number of hydrogen-bond acceptors (Lipinski definition) is 6. The Morgan fingerprint density at radius 3 is 2.33 bits per heavy atom. The molecular weight excluding hydrogens is 256 g/mol. The van der Waals surface area contributed by atoms with E-state index in [1.807, 2.05) is 0 Å². The molecule has 0 saturated carbocycles. The minimum absolute atomic E-state index is 0.0196. The molecule has 0 unspecified atom stereocenters. The van der Waals surface area contributed by atoms with Crippen LogP contribution < -0.4 is 0 Å². The van der Waals surface area contributed by atoms with Crippen LogP contribution in [0.1, 0.15) is 41.1 Å². The smallest absolute Gasteiger partial charge is 0.345 e. The molecule has 6 nitrogen and oxygen atoms in total. The number of fused-ring (bicyclic) bond motifs is 2. The van der Waals surface area contributed by atoms with Gasteiger partial charge in [0.1, 0.15) is 16.3 Å². The van der Waals surface area contributed by atoms with Crippen LogP contribution in [0.5, 0.6) is 0 Å². The summed E-state index contributed by atoms with van der Waals surface area (Å²) < 4.78 is 0. The molecule has 2 heterocycles. The highest BCUT2D eigenvalue weighted by Crippen LogP contribution is 2.31. The van der Waals surface area contributed by atoms with E-state index in [0.717, 1.165) is 11.3 Å². The predicted molar refractivity (Wildman–Crippen MR) is 60.2 cm³/mol. The maximum Gasteiger partial charge on any atom is 0.345 e. The maximum absolute atomic E-state index is 12.1. The van der Waals surface area contributed by atoms with Gasteiger partial charge in [0.25, 0.3) is 0 Å². The molecule has 0 aliphatic heterocycles. The summed E-state index contributed by atoms with van der Waals surface area (Å²) in [4.78, 5) is 42.7. The highest BCUT2D eigenvalue weighted by Gasteiger charge is 2.34. The lowest BCUT2D eigenvalue weighted by Crippen LogP contribution is -2.21. The molecule has 18 heavy (non-hydrogen) atoms. The van der Waals surface area contributed by atoms with Crippen molar-refractivity contribution in [1.29, 1.82) is 0 Å². The van der Waals surface area contributed by atoms with Gasteiger partial charge in [-0.3, -0.25) is 9.59 Å². The lowest BCUT2D eigenvalue weighted by molar-refractivity contribution is 0.0702. The number of aromatic nitrogens is 2. The van der Waals surface area contributed by atoms with Gasteiger partial charge in [0.05, 0.1) is 4.88 Å². The number of thiophene rings is 1. The van der Waals surface area contributed by atoms with Crippen LogP contribution in [0, 0.1) is 0 Å². The molecule has 1 aliphatic rings. The molecule has 0 fully saturated rings. The van der Waals surface area contributed by atoms with Crippen LogP contribution in [0.25, 0.3) is 0 Å². The van der Waals surface area contributed by atoms with Crippen molar-refractivity contribution in [2.75, 3.05) is 0 Å². The normalized spacial score (nSPS) is 13.1. The predicted octanol–water partition coefficient (Wildman–Crippen LogP) is 1.01. The second-order valence-electron chi connectivity index (χ2n) is 3.57. The molecule has 0 spiro atoms. The van der Waals surface area contributed by atoms with Crippen LogP contribution in [-0.2, 0) is 0 Å². The van der Waals surface area contributed by atoms with Gasteiger partial charge in [-0.05, 0) is 6.07 Å². The van der Waals surface area contributed by atoms with Crippen molar-refractivity contribution < 1.29 is 19.5 Å². The van der Waals surface area contributed by atoms with Gasteiger partial charge in [-0.25, -0.2) is 14.8 Å². The Morgan fingerprint density at radius 1 is 1.11 bits per heavy atom. The van der Waals surface area contributed by atoms with Crippen LogP contribution >= 0.6 is 11.3 Å². The molecule has 0 bridgehead atoms. The number of carbonyl (C=O) groups excluding carboxylic acids is 2. The second kappa shape index (κ2) is 3.54. The van der Waals surface area contributed by atoms with Crippen LogP contribution in [0.2, 0.25) is 0 Å². The standard InChI is InChI=1S/C11H4N2O4S/c14-8-4-3-5(11(16)17)18-10(4)9(15)7-6(8)12-1-2-13-7/h1-3H,(H,16,17). The van der Waals surface area contributed by atoms with E-state index >= 15 is 0 Å². The van der Waals surface area contributed by atoms with Gasteiger partial charge in [0, 0.05) is 18.0 Å². The minimum Gasteiger partial charge on any atom is -0.477 e. The van der Waals surface area contributed by atoms with Crippen molar-refractivity contribution in [2.24, 2.45) is 0 Å². The third-order valence-corrected chi connectivity index (χ3v) is 3.64. The molecule has 0 radical (unpaired) electrons. The van der Waals surface area contributed by atoms with E-state index in [0.29, 0.717) is 0 Å². The lowest BCUT2D eigenvalue weighted by Gasteiger charge is -2.10. The summed E-state index contributed by atoms with van der Waals surface area (Å²) in [7, 11) is 0. The average molecular weight is 260 g/mol. The third kappa shape index (κ3) is 1.31. The highest BCUT2D eigenvalue weighted by atomic mass is 32.1. The largest absolute Gasteiger partial charge is 0.477 e. The molecule has 0 aromatic carbocycles. The summed E-state index contributed by atoms with van der Waals surface area (Å²) in [6.45, 7) is 0. The van der Waals surface area contributed by atoms with Crippen molar-refractivity contribution in [3.8, 4) is 0 Å². The van der Waals surface area contributed by atoms with Crippen molar-refractivity contribution >= 4 is 28.9 Å².